The zero-order valence-electron chi connectivity index (χ0n) is 13.0. The minimum Gasteiger partial charge on any atom is -0.353 e. The average Bonchev–Trinajstić information content (AvgIpc) is 3.14. The van der Waals surface area contributed by atoms with Crippen molar-refractivity contribution in [3.63, 3.8) is 0 Å². The monoisotopic (exact) mass is 379 g/mol. The number of nitrogens with one attached hydrogen (secondary N) is 1. The molecule has 1 aliphatic carbocycles. The Balaban J connectivity index is 1.65. The Morgan fingerprint density at radius 2 is 2.13 bits per heavy atom. The molecular formula is C17H22BrN3O2. The molecule has 2 aliphatic rings. The smallest absolute Gasteiger partial charge is 0.227 e. The SMILES string of the molecule is NCC1CCCC1NC(=O)C1CC(=O)N(c2ccccc2Br)C1. The van der Waals surface area contributed by atoms with Gasteiger partial charge in [-0.2, -0.15) is 0 Å². The first-order chi connectivity index (χ1) is 11.1. The molecule has 0 bridgehead atoms. The number of carbonyl (C=O) groups is 2. The number of para-hydroxylation sites is 1. The Kier molecular flexibility index (Phi) is 5.02. The summed E-state index contributed by atoms with van der Waals surface area (Å²) in [5, 5.41) is 3.12. The molecule has 1 aromatic carbocycles. The predicted molar refractivity (Wildman–Crippen MR) is 92.9 cm³/mol. The van der Waals surface area contributed by atoms with Gasteiger partial charge in [-0.1, -0.05) is 18.6 Å². The fraction of sp³-hybridized carbons (Fsp3) is 0.529. The third-order valence-electron chi connectivity index (χ3n) is 4.93. The van der Waals surface area contributed by atoms with Gasteiger partial charge in [-0.15, -0.1) is 0 Å². The van der Waals surface area contributed by atoms with Crippen molar-refractivity contribution in [2.45, 2.75) is 31.7 Å². The number of amides is 2. The van der Waals surface area contributed by atoms with E-state index in [-0.39, 0.29) is 30.2 Å². The molecule has 1 saturated carbocycles. The molecule has 3 rings (SSSR count). The summed E-state index contributed by atoms with van der Waals surface area (Å²) >= 11 is 3.47. The zero-order valence-corrected chi connectivity index (χ0v) is 14.6. The Bertz CT molecular complexity index is 607. The van der Waals surface area contributed by atoms with E-state index in [1.54, 1.807) is 4.90 Å². The summed E-state index contributed by atoms with van der Waals surface area (Å²) in [7, 11) is 0. The van der Waals surface area contributed by atoms with E-state index < -0.39 is 0 Å². The summed E-state index contributed by atoms with van der Waals surface area (Å²) in [6, 6.07) is 7.76. The van der Waals surface area contributed by atoms with Crippen molar-refractivity contribution in [1.29, 1.82) is 0 Å². The molecule has 3 N–H and O–H groups in total. The second-order valence-corrected chi connectivity index (χ2v) is 7.25. The van der Waals surface area contributed by atoms with Crippen LogP contribution >= 0.6 is 15.9 Å². The number of nitrogens with zero attached hydrogens (tertiary/aromatic N) is 1. The molecule has 1 saturated heterocycles. The van der Waals surface area contributed by atoms with E-state index in [1.807, 2.05) is 24.3 Å². The van der Waals surface area contributed by atoms with Crippen LogP contribution in [0.2, 0.25) is 0 Å². The Morgan fingerprint density at radius 3 is 2.87 bits per heavy atom. The maximum Gasteiger partial charge on any atom is 0.227 e. The molecule has 2 fully saturated rings. The van der Waals surface area contributed by atoms with Crippen molar-refractivity contribution in [2.24, 2.45) is 17.6 Å². The van der Waals surface area contributed by atoms with Gasteiger partial charge in [0.15, 0.2) is 0 Å². The Labute approximate surface area is 144 Å². The number of halogens is 1. The quantitative estimate of drug-likeness (QED) is 0.840. The largest absolute Gasteiger partial charge is 0.353 e. The first-order valence-electron chi connectivity index (χ1n) is 8.15. The molecule has 3 atom stereocenters. The van der Waals surface area contributed by atoms with Crippen LogP contribution in [0.3, 0.4) is 0 Å². The van der Waals surface area contributed by atoms with Crippen LogP contribution < -0.4 is 16.0 Å². The highest BCUT2D eigenvalue weighted by molar-refractivity contribution is 9.10. The Morgan fingerprint density at radius 1 is 1.35 bits per heavy atom. The highest BCUT2D eigenvalue weighted by Crippen LogP contribution is 2.32. The number of rotatable bonds is 4. The van der Waals surface area contributed by atoms with Crippen molar-refractivity contribution in [3.8, 4) is 0 Å². The highest BCUT2D eigenvalue weighted by atomic mass is 79.9. The molecule has 6 heteroatoms. The van der Waals surface area contributed by atoms with Gasteiger partial charge in [0.05, 0.1) is 11.6 Å². The fourth-order valence-electron chi connectivity index (χ4n) is 3.60. The number of hydrogen-bond acceptors (Lipinski definition) is 3. The third-order valence-corrected chi connectivity index (χ3v) is 5.60. The topological polar surface area (TPSA) is 75.4 Å². The van der Waals surface area contributed by atoms with Gasteiger partial charge in [0.2, 0.25) is 11.8 Å². The fourth-order valence-corrected chi connectivity index (χ4v) is 4.10. The molecule has 1 aromatic rings. The van der Waals surface area contributed by atoms with E-state index in [0.717, 1.165) is 29.4 Å². The van der Waals surface area contributed by atoms with Crippen molar-refractivity contribution in [1.82, 2.24) is 5.32 Å². The average molecular weight is 380 g/mol. The summed E-state index contributed by atoms with van der Waals surface area (Å²) in [5.74, 6) is 0.0705. The van der Waals surface area contributed by atoms with Crippen LogP contribution in [0, 0.1) is 11.8 Å². The lowest BCUT2D eigenvalue weighted by Gasteiger charge is -2.22. The molecule has 5 nitrogen and oxygen atoms in total. The number of nitrogens with two attached hydrogens (primary N) is 1. The molecule has 124 valence electrons. The van der Waals surface area contributed by atoms with Crippen molar-refractivity contribution in [3.05, 3.63) is 28.7 Å². The molecule has 3 unspecified atom stereocenters. The van der Waals surface area contributed by atoms with Gasteiger partial charge >= 0.3 is 0 Å². The van der Waals surface area contributed by atoms with E-state index in [1.165, 1.54) is 0 Å². The van der Waals surface area contributed by atoms with Gasteiger partial charge in [-0.05, 0) is 53.4 Å². The summed E-state index contributed by atoms with van der Waals surface area (Å²) in [6.45, 7) is 1.05. The normalized spacial score (nSPS) is 27.5. The number of anilines is 1. The van der Waals surface area contributed by atoms with Crippen LogP contribution in [0.25, 0.3) is 0 Å². The van der Waals surface area contributed by atoms with E-state index in [0.29, 0.717) is 19.0 Å². The Hall–Kier alpha value is -1.40. The van der Waals surface area contributed by atoms with Crippen LogP contribution in [0.1, 0.15) is 25.7 Å². The lowest BCUT2D eigenvalue weighted by Crippen LogP contribution is -2.43. The van der Waals surface area contributed by atoms with Gasteiger partial charge in [-0.25, -0.2) is 0 Å². The van der Waals surface area contributed by atoms with Gasteiger partial charge in [0, 0.05) is 23.5 Å². The number of benzene rings is 1. The highest BCUT2D eigenvalue weighted by Gasteiger charge is 2.37. The van der Waals surface area contributed by atoms with Crippen molar-refractivity contribution < 1.29 is 9.59 Å². The van der Waals surface area contributed by atoms with Gasteiger partial charge in [-0.3, -0.25) is 9.59 Å². The van der Waals surface area contributed by atoms with E-state index in [4.69, 9.17) is 5.73 Å². The zero-order chi connectivity index (χ0) is 16.4. The van der Waals surface area contributed by atoms with Crippen molar-refractivity contribution in [2.75, 3.05) is 18.0 Å². The maximum atomic E-state index is 12.5. The minimum absolute atomic E-state index is 0.00107. The predicted octanol–water partition coefficient (Wildman–Crippen LogP) is 2.05. The van der Waals surface area contributed by atoms with Gasteiger partial charge in [0.1, 0.15) is 0 Å². The summed E-state index contributed by atoms with van der Waals surface area (Å²) in [4.78, 5) is 26.5. The first-order valence-corrected chi connectivity index (χ1v) is 8.94. The number of carbonyl (C=O) groups excluding carboxylic acids is 2. The van der Waals surface area contributed by atoms with Crippen LogP contribution in [0.4, 0.5) is 5.69 Å². The lowest BCUT2D eigenvalue weighted by atomic mass is 10.0. The molecular weight excluding hydrogens is 358 g/mol. The lowest BCUT2D eigenvalue weighted by molar-refractivity contribution is -0.127. The second kappa shape index (κ2) is 7.01. The van der Waals surface area contributed by atoms with Crippen LogP contribution in [0.15, 0.2) is 28.7 Å². The minimum atomic E-state index is -0.284. The molecule has 0 aromatic heterocycles. The molecule has 0 spiro atoms. The molecule has 0 radical (unpaired) electrons. The maximum absolute atomic E-state index is 12.5. The summed E-state index contributed by atoms with van der Waals surface area (Å²) in [5.41, 5.74) is 6.60. The third kappa shape index (κ3) is 3.43. The van der Waals surface area contributed by atoms with Crippen LogP contribution in [-0.4, -0.2) is 30.9 Å². The molecule has 1 heterocycles. The molecule has 2 amide bonds. The summed E-state index contributed by atoms with van der Waals surface area (Å²) in [6.07, 6.45) is 3.45. The van der Waals surface area contributed by atoms with Gasteiger partial charge < -0.3 is 16.0 Å². The van der Waals surface area contributed by atoms with Crippen LogP contribution in [-0.2, 0) is 9.59 Å². The summed E-state index contributed by atoms with van der Waals surface area (Å²) < 4.78 is 0.869. The molecule has 23 heavy (non-hydrogen) atoms. The second-order valence-electron chi connectivity index (χ2n) is 6.40. The standard InChI is InChI=1S/C17H22BrN3O2/c18-13-5-1-2-7-15(13)21-10-12(8-16(21)22)17(23)20-14-6-3-4-11(14)9-19/h1-2,5,7,11-12,14H,3-4,6,8-10,19H2,(H,20,23). The van der Waals surface area contributed by atoms with E-state index in [2.05, 4.69) is 21.2 Å². The first kappa shape index (κ1) is 16.5. The van der Waals surface area contributed by atoms with E-state index in [9.17, 15) is 9.59 Å². The van der Waals surface area contributed by atoms with Crippen molar-refractivity contribution >= 4 is 33.4 Å². The van der Waals surface area contributed by atoms with Gasteiger partial charge in [0.25, 0.3) is 0 Å². The molecule has 1 aliphatic heterocycles. The van der Waals surface area contributed by atoms with Crippen LogP contribution in [0.5, 0.6) is 0 Å². The number of hydrogen-bond donors (Lipinski definition) is 2. The van der Waals surface area contributed by atoms with E-state index >= 15 is 0 Å².